The lowest BCUT2D eigenvalue weighted by molar-refractivity contribution is -0.112. The van der Waals surface area contributed by atoms with Crippen LogP contribution in [0.4, 0.5) is 5.69 Å². The average molecular weight is 350 g/mol. The fourth-order valence-corrected chi connectivity index (χ4v) is 2.79. The molecular formula is C20H22N4O2. The maximum absolute atomic E-state index is 12.4. The number of nitrogens with two attached hydrogens (primary N) is 1. The number of aromatic nitrogens is 1. The molecule has 1 aromatic carbocycles. The smallest absolute Gasteiger partial charge is 0.266 e. The molecule has 6 heteroatoms. The minimum absolute atomic E-state index is 0.00812. The van der Waals surface area contributed by atoms with Crippen molar-refractivity contribution in [1.82, 2.24) is 4.57 Å². The summed E-state index contributed by atoms with van der Waals surface area (Å²) < 4.78 is 2.16. The van der Waals surface area contributed by atoms with Gasteiger partial charge in [0, 0.05) is 29.2 Å². The minimum atomic E-state index is -0.583. The Morgan fingerprint density at radius 2 is 2.04 bits per heavy atom. The van der Waals surface area contributed by atoms with E-state index in [2.05, 4.69) is 16.8 Å². The van der Waals surface area contributed by atoms with Gasteiger partial charge in [0.1, 0.15) is 11.6 Å². The van der Waals surface area contributed by atoms with Crippen molar-refractivity contribution in [2.45, 2.75) is 33.7 Å². The van der Waals surface area contributed by atoms with Gasteiger partial charge >= 0.3 is 0 Å². The molecule has 0 fully saturated rings. The second-order valence-electron chi connectivity index (χ2n) is 6.05. The van der Waals surface area contributed by atoms with Gasteiger partial charge in [-0.25, -0.2) is 0 Å². The Balaban J connectivity index is 2.28. The number of carbonyl (C=O) groups excluding carboxylic acids is 2. The molecule has 0 radical (unpaired) electrons. The highest BCUT2D eigenvalue weighted by molar-refractivity contribution is 6.10. The Kier molecular flexibility index (Phi) is 5.97. The Morgan fingerprint density at radius 1 is 1.31 bits per heavy atom. The third kappa shape index (κ3) is 4.19. The Bertz CT molecular complexity index is 916. The number of nitrogens with zero attached hydrogens (tertiary/aromatic N) is 2. The van der Waals surface area contributed by atoms with Gasteiger partial charge in [-0.1, -0.05) is 13.0 Å². The maximum Gasteiger partial charge on any atom is 0.266 e. The molecule has 0 aliphatic heterocycles. The fourth-order valence-electron chi connectivity index (χ4n) is 2.79. The Morgan fingerprint density at radius 3 is 2.65 bits per heavy atom. The highest BCUT2D eigenvalue weighted by Crippen LogP contribution is 2.19. The van der Waals surface area contributed by atoms with E-state index < -0.39 is 11.8 Å². The number of benzene rings is 1. The SMILES string of the molecule is CCCn1c(C)cc(/C=C(/C#N)C(=O)Nc2cccc(C(N)=O)c2)c1C. The van der Waals surface area contributed by atoms with Gasteiger partial charge in [0.2, 0.25) is 5.91 Å². The van der Waals surface area contributed by atoms with Gasteiger partial charge in [-0.15, -0.1) is 0 Å². The number of carbonyl (C=O) groups is 2. The number of amides is 2. The summed E-state index contributed by atoms with van der Waals surface area (Å²) in [5.74, 6) is -1.12. The average Bonchev–Trinajstić information content (AvgIpc) is 2.87. The normalized spacial score (nSPS) is 11.1. The van der Waals surface area contributed by atoms with E-state index in [0.29, 0.717) is 5.69 Å². The number of nitrogens with one attached hydrogen (secondary N) is 1. The number of hydrogen-bond acceptors (Lipinski definition) is 3. The first-order valence-corrected chi connectivity index (χ1v) is 8.37. The van der Waals surface area contributed by atoms with Crippen molar-refractivity contribution in [2.24, 2.45) is 5.73 Å². The highest BCUT2D eigenvalue weighted by atomic mass is 16.2. The first kappa shape index (κ1) is 19.0. The van der Waals surface area contributed by atoms with Crippen molar-refractivity contribution in [3.05, 3.63) is 58.4 Å². The molecular weight excluding hydrogens is 328 g/mol. The van der Waals surface area contributed by atoms with Crippen LogP contribution in [0, 0.1) is 25.2 Å². The molecule has 6 nitrogen and oxygen atoms in total. The van der Waals surface area contributed by atoms with E-state index in [0.717, 1.165) is 29.9 Å². The van der Waals surface area contributed by atoms with Gasteiger partial charge in [-0.3, -0.25) is 9.59 Å². The van der Waals surface area contributed by atoms with E-state index in [1.54, 1.807) is 24.3 Å². The molecule has 0 atom stereocenters. The third-order valence-electron chi connectivity index (χ3n) is 4.13. The summed E-state index contributed by atoms with van der Waals surface area (Å²) in [6.07, 6.45) is 2.59. The van der Waals surface area contributed by atoms with Crippen LogP contribution in [-0.4, -0.2) is 16.4 Å². The predicted octanol–water partition coefficient (Wildman–Crippen LogP) is 3.16. The molecule has 0 aliphatic carbocycles. The van der Waals surface area contributed by atoms with Crippen molar-refractivity contribution >= 4 is 23.6 Å². The first-order valence-electron chi connectivity index (χ1n) is 8.37. The van der Waals surface area contributed by atoms with Crippen molar-refractivity contribution in [3.63, 3.8) is 0 Å². The number of aryl methyl sites for hydroxylation is 1. The zero-order valence-corrected chi connectivity index (χ0v) is 15.2. The topological polar surface area (TPSA) is 101 Å². The van der Waals surface area contributed by atoms with E-state index >= 15 is 0 Å². The zero-order chi connectivity index (χ0) is 19.3. The molecule has 2 rings (SSSR count). The van der Waals surface area contributed by atoms with Gasteiger partial charge in [0.15, 0.2) is 0 Å². The zero-order valence-electron chi connectivity index (χ0n) is 15.2. The highest BCUT2D eigenvalue weighted by Gasteiger charge is 2.13. The summed E-state index contributed by atoms with van der Waals surface area (Å²) in [6.45, 7) is 6.96. The van der Waals surface area contributed by atoms with Crippen molar-refractivity contribution < 1.29 is 9.59 Å². The van der Waals surface area contributed by atoms with E-state index in [-0.39, 0.29) is 11.1 Å². The van der Waals surface area contributed by atoms with Crippen LogP contribution in [0.25, 0.3) is 6.08 Å². The number of nitriles is 1. The molecule has 0 saturated heterocycles. The van der Waals surface area contributed by atoms with Crippen molar-refractivity contribution in [2.75, 3.05) is 5.32 Å². The molecule has 0 aliphatic rings. The molecule has 0 saturated carbocycles. The van der Waals surface area contributed by atoms with E-state index in [9.17, 15) is 14.9 Å². The summed E-state index contributed by atoms with van der Waals surface area (Å²) >= 11 is 0. The number of rotatable bonds is 6. The molecule has 0 spiro atoms. The van der Waals surface area contributed by atoms with Crippen LogP contribution in [0.15, 0.2) is 35.9 Å². The summed E-state index contributed by atoms with van der Waals surface area (Å²) in [6, 6.07) is 10.2. The van der Waals surface area contributed by atoms with Gasteiger partial charge in [-0.05, 0) is 56.2 Å². The van der Waals surface area contributed by atoms with Crippen molar-refractivity contribution in [1.29, 1.82) is 5.26 Å². The second-order valence-corrected chi connectivity index (χ2v) is 6.05. The Hall–Kier alpha value is -3.33. The van der Waals surface area contributed by atoms with Gasteiger partial charge in [-0.2, -0.15) is 5.26 Å². The van der Waals surface area contributed by atoms with Crippen LogP contribution in [0.2, 0.25) is 0 Å². The van der Waals surface area contributed by atoms with Crippen LogP contribution in [0.1, 0.15) is 40.7 Å². The number of anilines is 1. The minimum Gasteiger partial charge on any atom is -0.366 e. The van der Waals surface area contributed by atoms with E-state index in [1.807, 2.05) is 26.0 Å². The molecule has 1 aromatic heterocycles. The van der Waals surface area contributed by atoms with Gasteiger partial charge in [0.05, 0.1) is 0 Å². The lowest BCUT2D eigenvalue weighted by atomic mass is 10.1. The van der Waals surface area contributed by atoms with Gasteiger partial charge in [0.25, 0.3) is 5.91 Å². The molecule has 2 aromatic rings. The lowest BCUT2D eigenvalue weighted by Crippen LogP contribution is -2.15. The number of hydrogen-bond donors (Lipinski definition) is 2. The molecule has 2 amide bonds. The predicted molar refractivity (Wildman–Crippen MR) is 101 cm³/mol. The lowest BCUT2D eigenvalue weighted by Gasteiger charge is -2.07. The summed E-state index contributed by atoms with van der Waals surface area (Å²) in [4.78, 5) is 23.7. The van der Waals surface area contributed by atoms with Gasteiger partial charge < -0.3 is 15.6 Å². The summed E-state index contributed by atoms with van der Waals surface area (Å²) in [5.41, 5.74) is 8.87. The molecule has 134 valence electrons. The Labute approximate surface area is 152 Å². The maximum atomic E-state index is 12.4. The molecule has 1 heterocycles. The molecule has 3 N–H and O–H groups in total. The second kappa shape index (κ2) is 8.17. The first-order chi connectivity index (χ1) is 12.4. The monoisotopic (exact) mass is 350 g/mol. The molecule has 26 heavy (non-hydrogen) atoms. The van der Waals surface area contributed by atoms with E-state index in [1.165, 1.54) is 6.07 Å². The molecule has 0 unspecified atom stereocenters. The van der Waals surface area contributed by atoms with E-state index in [4.69, 9.17) is 5.73 Å². The van der Waals surface area contributed by atoms with Crippen LogP contribution >= 0.6 is 0 Å². The number of primary amides is 1. The summed E-state index contributed by atoms with van der Waals surface area (Å²) in [5, 5.41) is 12.0. The van der Waals surface area contributed by atoms with Crippen LogP contribution < -0.4 is 11.1 Å². The molecule has 0 bridgehead atoms. The third-order valence-corrected chi connectivity index (χ3v) is 4.13. The van der Waals surface area contributed by atoms with Crippen LogP contribution in [0.3, 0.4) is 0 Å². The quantitative estimate of drug-likeness (QED) is 0.618. The van der Waals surface area contributed by atoms with Crippen LogP contribution in [-0.2, 0) is 11.3 Å². The van der Waals surface area contributed by atoms with Crippen LogP contribution in [0.5, 0.6) is 0 Å². The fraction of sp³-hybridized carbons (Fsp3) is 0.250. The standard InChI is InChI=1S/C20H22N4O2/c1-4-8-24-13(2)9-16(14(24)3)10-17(12-21)20(26)23-18-7-5-6-15(11-18)19(22)25/h5-7,9-11H,4,8H2,1-3H3,(H2,22,25)(H,23,26)/b17-10-. The summed E-state index contributed by atoms with van der Waals surface area (Å²) in [7, 11) is 0. The largest absolute Gasteiger partial charge is 0.366 e. The van der Waals surface area contributed by atoms with Crippen molar-refractivity contribution in [3.8, 4) is 6.07 Å².